The average molecular weight is 249 g/mol. The molecular weight excluding hydrogens is 232 g/mol. The second-order valence-corrected chi connectivity index (χ2v) is 4.49. The normalized spacial score (nSPS) is 10.6. The molecule has 0 aliphatic rings. The Labute approximate surface area is 106 Å². The van der Waals surface area contributed by atoms with E-state index in [9.17, 15) is 0 Å². The van der Waals surface area contributed by atoms with Crippen LogP contribution < -0.4 is 0 Å². The SMILES string of the molecule is CC(Cl)(c1ccccc1)c1ccccc1.[SiH4]. The van der Waals surface area contributed by atoms with Crippen LogP contribution >= 0.6 is 11.6 Å². The van der Waals surface area contributed by atoms with Crippen LogP contribution in [0.4, 0.5) is 0 Å². The van der Waals surface area contributed by atoms with Crippen molar-refractivity contribution in [2.75, 3.05) is 0 Å². The number of benzene rings is 2. The van der Waals surface area contributed by atoms with Crippen LogP contribution in [0.5, 0.6) is 0 Å². The second-order valence-electron chi connectivity index (χ2n) is 3.74. The lowest BCUT2D eigenvalue weighted by molar-refractivity contribution is 0.822. The molecule has 0 bridgehead atoms. The van der Waals surface area contributed by atoms with Crippen LogP contribution in [0.1, 0.15) is 18.1 Å². The quantitative estimate of drug-likeness (QED) is 0.566. The first-order valence-electron chi connectivity index (χ1n) is 5.01. The fraction of sp³-hybridized carbons (Fsp3) is 0.143. The van der Waals surface area contributed by atoms with Crippen molar-refractivity contribution in [3.8, 4) is 0 Å². The highest BCUT2D eigenvalue weighted by atomic mass is 35.5. The maximum atomic E-state index is 6.59. The molecule has 2 aromatic carbocycles. The monoisotopic (exact) mass is 248 g/mol. The molecule has 0 aromatic heterocycles. The van der Waals surface area contributed by atoms with E-state index in [0.717, 1.165) is 11.1 Å². The van der Waals surface area contributed by atoms with Gasteiger partial charge in [0.15, 0.2) is 0 Å². The van der Waals surface area contributed by atoms with Gasteiger partial charge in [0.1, 0.15) is 0 Å². The molecule has 0 aliphatic heterocycles. The highest BCUT2D eigenvalue weighted by molar-refractivity contribution is 6.25. The fourth-order valence-corrected chi connectivity index (χ4v) is 1.92. The van der Waals surface area contributed by atoms with Crippen molar-refractivity contribution in [3.63, 3.8) is 0 Å². The summed E-state index contributed by atoms with van der Waals surface area (Å²) in [5, 5.41) is 0. The van der Waals surface area contributed by atoms with Gasteiger partial charge in [-0.3, -0.25) is 0 Å². The van der Waals surface area contributed by atoms with Crippen molar-refractivity contribution >= 4 is 22.6 Å². The zero-order chi connectivity index (χ0) is 10.7. The van der Waals surface area contributed by atoms with Crippen molar-refractivity contribution < 1.29 is 0 Å². The molecule has 2 rings (SSSR count). The molecule has 0 nitrogen and oxygen atoms in total. The summed E-state index contributed by atoms with van der Waals surface area (Å²) >= 11 is 6.59. The molecule has 0 atom stereocenters. The van der Waals surface area contributed by atoms with E-state index in [1.165, 1.54) is 0 Å². The molecule has 84 valence electrons. The number of hydrogen-bond acceptors (Lipinski definition) is 0. The first-order valence-corrected chi connectivity index (χ1v) is 5.39. The van der Waals surface area contributed by atoms with Gasteiger partial charge >= 0.3 is 0 Å². The van der Waals surface area contributed by atoms with E-state index < -0.39 is 4.87 Å². The zero-order valence-corrected chi connectivity index (χ0v) is 9.41. The van der Waals surface area contributed by atoms with Crippen LogP contribution in [0, 0.1) is 0 Å². The van der Waals surface area contributed by atoms with Gasteiger partial charge in [-0.25, -0.2) is 0 Å². The molecule has 16 heavy (non-hydrogen) atoms. The van der Waals surface area contributed by atoms with Crippen LogP contribution in [0.15, 0.2) is 60.7 Å². The van der Waals surface area contributed by atoms with Crippen molar-refractivity contribution in [1.82, 2.24) is 0 Å². The van der Waals surface area contributed by atoms with Gasteiger partial charge in [-0.05, 0) is 29.0 Å². The molecule has 0 amide bonds. The molecule has 0 heterocycles. The Morgan fingerprint density at radius 2 is 1.06 bits per heavy atom. The summed E-state index contributed by atoms with van der Waals surface area (Å²) in [4.78, 5) is -0.442. The van der Waals surface area contributed by atoms with Gasteiger partial charge in [-0.2, -0.15) is 0 Å². The van der Waals surface area contributed by atoms with Crippen LogP contribution in [-0.2, 0) is 4.87 Å². The van der Waals surface area contributed by atoms with Gasteiger partial charge in [-0.1, -0.05) is 60.7 Å². The number of halogens is 1. The summed E-state index contributed by atoms with van der Waals surface area (Å²) in [5.74, 6) is 0. The molecule has 0 radical (unpaired) electrons. The minimum Gasteiger partial charge on any atom is -0.109 e. The maximum absolute atomic E-state index is 6.59. The Balaban J connectivity index is 0.00000128. The van der Waals surface area contributed by atoms with E-state index in [-0.39, 0.29) is 11.0 Å². The van der Waals surface area contributed by atoms with Crippen LogP contribution in [0.2, 0.25) is 0 Å². The third kappa shape index (κ3) is 2.54. The second kappa shape index (κ2) is 5.33. The first-order chi connectivity index (χ1) is 7.21. The van der Waals surface area contributed by atoms with Gasteiger partial charge in [-0.15, -0.1) is 11.6 Å². The predicted molar refractivity (Wildman–Crippen MR) is 76.5 cm³/mol. The van der Waals surface area contributed by atoms with E-state index in [4.69, 9.17) is 11.6 Å². The lowest BCUT2D eigenvalue weighted by atomic mass is 9.92. The molecule has 0 spiro atoms. The Morgan fingerprint density at radius 1 is 0.750 bits per heavy atom. The molecule has 0 aliphatic carbocycles. The fourth-order valence-electron chi connectivity index (χ4n) is 1.67. The summed E-state index contributed by atoms with van der Waals surface area (Å²) in [7, 11) is 0. The summed E-state index contributed by atoms with van der Waals surface area (Å²) < 4.78 is 0. The summed E-state index contributed by atoms with van der Waals surface area (Å²) in [5.41, 5.74) is 2.25. The average Bonchev–Trinajstić information content (AvgIpc) is 2.31. The third-order valence-corrected chi connectivity index (χ3v) is 3.07. The number of alkyl halides is 1. The molecule has 0 N–H and O–H groups in total. The van der Waals surface area contributed by atoms with Crippen molar-refractivity contribution in [3.05, 3.63) is 71.8 Å². The Kier molecular flexibility index (Phi) is 4.33. The van der Waals surface area contributed by atoms with Gasteiger partial charge < -0.3 is 0 Å². The smallest absolute Gasteiger partial charge is 0.0916 e. The standard InChI is InChI=1S/C14H13Cl.H4Si/c1-14(15,12-8-4-2-5-9-12)13-10-6-3-7-11-13;/h2-11H,1H3;1H4. The largest absolute Gasteiger partial charge is 0.109 e. The van der Waals surface area contributed by atoms with Crippen LogP contribution in [0.25, 0.3) is 0 Å². The van der Waals surface area contributed by atoms with E-state index in [2.05, 4.69) is 24.3 Å². The minimum absolute atomic E-state index is 0. The molecular formula is C14H17ClSi. The van der Waals surface area contributed by atoms with E-state index >= 15 is 0 Å². The molecule has 0 fully saturated rings. The number of hydrogen-bond donors (Lipinski definition) is 0. The summed E-state index contributed by atoms with van der Waals surface area (Å²) in [6.45, 7) is 2.03. The van der Waals surface area contributed by atoms with Crippen molar-refractivity contribution in [2.24, 2.45) is 0 Å². The van der Waals surface area contributed by atoms with E-state index in [1.807, 2.05) is 43.3 Å². The van der Waals surface area contributed by atoms with Gasteiger partial charge in [0.25, 0.3) is 0 Å². The zero-order valence-electron chi connectivity index (χ0n) is 8.65. The Hall–Kier alpha value is -1.05. The first kappa shape index (κ1) is 13.0. The topological polar surface area (TPSA) is 0 Å². The Bertz CT molecular complexity index is 382. The van der Waals surface area contributed by atoms with Crippen LogP contribution in [0.3, 0.4) is 0 Å². The van der Waals surface area contributed by atoms with Gasteiger partial charge in [0.05, 0.1) is 4.87 Å². The molecule has 2 heteroatoms. The van der Waals surface area contributed by atoms with Crippen LogP contribution in [-0.4, -0.2) is 11.0 Å². The van der Waals surface area contributed by atoms with E-state index in [0.29, 0.717) is 0 Å². The van der Waals surface area contributed by atoms with Gasteiger partial charge in [0.2, 0.25) is 0 Å². The summed E-state index contributed by atoms with van der Waals surface area (Å²) in [6, 6.07) is 20.3. The maximum Gasteiger partial charge on any atom is 0.0916 e. The lowest BCUT2D eigenvalue weighted by Crippen LogP contribution is -2.14. The van der Waals surface area contributed by atoms with Crippen molar-refractivity contribution in [1.29, 1.82) is 0 Å². The minimum atomic E-state index is -0.442. The molecule has 0 unspecified atom stereocenters. The predicted octanol–water partition coefficient (Wildman–Crippen LogP) is 2.74. The highest BCUT2D eigenvalue weighted by Crippen LogP contribution is 2.35. The highest BCUT2D eigenvalue weighted by Gasteiger charge is 2.24. The lowest BCUT2D eigenvalue weighted by Gasteiger charge is -2.23. The summed E-state index contributed by atoms with van der Waals surface area (Å²) in [6.07, 6.45) is 0. The Morgan fingerprint density at radius 3 is 1.38 bits per heavy atom. The molecule has 2 aromatic rings. The number of rotatable bonds is 2. The third-order valence-electron chi connectivity index (χ3n) is 2.63. The molecule has 0 saturated heterocycles. The molecule has 0 saturated carbocycles. The van der Waals surface area contributed by atoms with Crippen molar-refractivity contribution in [2.45, 2.75) is 11.8 Å². The van der Waals surface area contributed by atoms with E-state index in [1.54, 1.807) is 0 Å². The van der Waals surface area contributed by atoms with Gasteiger partial charge in [0, 0.05) is 0 Å².